The number of amides is 2. The minimum absolute atomic E-state index is 0.0481. The maximum Gasteiger partial charge on any atom is 0.317 e. The van der Waals surface area contributed by atoms with E-state index in [2.05, 4.69) is 71.5 Å². The predicted molar refractivity (Wildman–Crippen MR) is 149 cm³/mol. The van der Waals surface area contributed by atoms with Gasteiger partial charge in [-0.05, 0) is 50.1 Å². The number of likely N-dealkylation sites (N-methyl/N-ethyl adjacent to an activating group) is 1. The van der Waals surface area contributed by atoms with Crippen molar-refractivity contribution in [2.24, 2.45) is 0 Å². The van der Waals surface area contributed by atoms with Crippen LogP contribution in [0.2, 0.25) is 0 Å². The quantitative estimate of drug-likeness (QED) is 0.472. The standard InChI is InChI=1S/C28H38N6OS/c1-4-22(5-2)31-28(35)34-10-8-20(9-11-34)25-18-30-27-24(25)16-21(17-29-27)26-7-6-23(36-26)19-33-14-12-32(3)13-15-33/h6-8,16-18,22H,4-5,9-15,19H2,1-3H3,(H,29,30)(H,31,35). The Labute approximate surface area is 218 Å². The Bertz CT molecular complexity index is 1220. The van der Waals surface area contributed by atoms with Gasteiger partial charge in [-0.3, -0.25) is 4.90 Å². The molecule has 5 rings (SSSR count). The third-order valence-corrected chi connectivity index (χ3v) is 8.73. The molecule has 7 nitrogen and oxygen atoms in total. The molecule has 2 N–H and O–H groups in total. The molecule has 36 heavy (non-hydrogen) atoms. The van der Waals surface area contributed by atoms with Gasteiger partial charge in [0.1, 0.15) is 5.65 Å². The summed E-state index contributed by atoms with van der Waals surface area (Å²) in [4.78, 5) is 30.3. The van der Waals surface area contributed by atoms with Crippen LogP contribution in [0.25, 0.3) is 27.0 Å². The van der Waals surface area contributed by atoms with Gasteiger partial charge in [-0.25, -0.2) is 9.78 Å². The van der Waals surface area contributed by atoms with Gasteiger partial charge in [0.2, 0.25) is 0 Å². The number of pyridine rings is 1. The van der Waals surface area contributed by atoms with Crippen molar-refractivity contribution in [2.75, 3.05) is 46.3 Å². The van der Waals surface area contributed by atoms with Crippen LogP contribution in [0, 0.1) is 0 Å². The fourth-order valence-electron chi connectivity index (χ4n) is 5.11. The molecule has 1 saturated heterocycles. The van der Waals surface area contributed by atoms with Gasteiger partial charge in [0, 0.05) is 90.5 Å². The molecule has 0 aliphatic carbocycles. The predicted octanol–water partition coefficient (Wildman–Crippen LogP) is 5.03. The van der Waals surface area contributed by atoms with Gasteiger partial charge in [-0.1, -0.05) is 19.9 Å². The molecule has 2 aliphatic rings. The van der Waals surface area contributed by atoms with Crippen LogP contribution < -0.4 is 5.32 Å². The average molecular weight is 507 g/mol. The number of rotatable bonds is 7. The summed E-state index contributed by atoms with van der Waals surface area (Å²) in [5, 5.41) is 4.31. The molecule has 8 heteroatoms. The second kappa shape index (κ2) is 11.2. The molecule has 5 heterocycles. The number of aromatic nitrogens is 2. The van der Waals surface area contributed by atoms with Crippen LogP contribution in [0.15, 0.2) is 36.7 Å². The molecular formula is C28H38N6OS. The summed E-state index contributed by atoms with van der Waals surface area (Å²) >= 11 is 1.87. The molecule has 3 aromatic heterocycles. The van der Waals surface area contributed by atoms with Gasteiger partial charge < -0.3 is 20.1 Å². The zero-order valence-electron chi connectivity index (χ0n) is 21.7. The fourth-order valence-corrected chi connectivity index (χ4v) is 6.14. The van der Waals surface area contributed by atoms with Crippen LogP contribution in [0.3, 0.4) is 0 Å². The zero-order chi connectivity index (χ0) is 25.1. The number of nitrogens with one attached hydrogen (secondary N) is 2. The summed E-state index contributed by atoms with van der Waals surface area (Å²) in [5.74, 6) is 0. The van der Waals surface area contributed by atoms with Crippen LogP contribution in [0.1, 0.15) is 43.6 Å². The summed E-state index contributed by atoms with van der Waals surface area (Å²) in [6.07, 6.45) is 9.02. The highest BCUT2D eigenvalue weighted by Gasteiger charge is 2.21. The van der Waals surface area contributed by atoms with Crippen LogP contribution >= 0.6 is 11.3 Å². The minimum Gasteiger partial charge on any atom is -0.346 e. The maximum atomic E-state index is 12.6. The lowest BCUT2D eigenvalue weighted by Crippen LogP contribution is -2.46. The molecule has 0 aromatic carbocycles. The van der Waals surface area contributed by atoms with Crippen LogP contribution in [0.4, 0.5) is 4.79 Å². The Hall–Kier alpha value is -2.68. The lowest BCUT2D eigenvalue weighted by Gasteiger charge is -2.31. The van der Waals surface area contributed by atoms with E-state index in [1.54, 1.807) is 0 Å². The molecule has 0 saturated carbocycles. The number of carbonyl (C=O) groups excluding carboxylic acids is 1. The summed E-state index contributed by atoms with van der Waals surface area (Å²) in [7, 11) is 2.20. The monoisotopic (exact) mass is 506 g/mol. The van der Waals surface area contributed by atoms with E-state index >= 15 is 0 Å². The van der Waals surface area contributed by atoms with E-state index < -0.39 is 0 Å². The Kier molecular flexibility index (Phi) is 7.74. The van der Waals surface area contributed by atoms with Crippen molar-refractivity contribution in [3.05, 3.63) is 47.1 Å². The molecule has 0 unspecified atom stereocenters. The van der Waals surface area contributed by atoms with Crippen LogP contribution in [-0.4, -0.2) is 83.1 Å². The smallest absolute Gasteiger partial charge is 0.317 e. The van der Waals surface area contributed by atoms with Crippen molar-refractivity contribution < 1.29 is 4.79 Å². The van der Waals surface area contributed by atoms with E-state index in [1.165, 1.54) is 26.5 Å². The zero-order valence-corrected chi connectivity index (χ0v) is 22.5. The number of urea groups is 1. The van der Waals surface area contributed by atoms with Gasteiger partial charge in [0.15, 0.2) is 0 Å². The van der Waals surface area contributed by atoms with Gasteiger partial charge in [-0.15, -0.1) is 11.3 Å². The first-order valence-corrected chi connectivity index (χ1v) is 14.1. The van der Waals surface area contributed by atoms with E-state index in [0.717, 1.165) is 69.6 Å². The topological polar surface area (TPSA) is 67.5 Å². The number of H-pyrrole nitrogens is 1. The van der Waals surface area contributed by atoms with Crippen molar-refractivity contribution >= 4 is 34.0 Å². The number of fused-ring (bicyclic) bond motifs is 1. The third kappa shape index (κ3) is 5.51. The van der Waals surface area contributed by atoms with E-state index in [-0.39, 0.29) is 12.1 Å². The number of carbonyl (C=O) groups is 1. The number of nitrogens with zero attached hydrogens (tertiary/aromatic N) is 4. The number of aromatic amines is 1. The van der Waals surface area contributed by atoms with Crippen molar-refractivity contribution in [3.63, 3.8) is 0 Å². The highest BCUT2D eigenvalue weighted by Crippen LogP contribution is 2.34. The van der Waals surface area contributed by atoms with Crippen molar-refractivity contribution in [2.45, 2.75) is 45.7 Å². The first-order valence-electron chi connectivity index (χ1n) is 13.3. The minimum atomic E-state index is 0.0481. The summed E-state index contributed by atoms with van der Waals surface area (Å²) in [5.41, 5.74) is 4.57. The highest BCUT2D eigenvalue weighted by atomic mass is 32.1. The lowest BCUT2D eigenvalue weighted by molar-refractivity contribution is 0.149. The molecule has 192 valence electrons. The highest BCUT2D eigenvalue weighted by molar-refractivity contribution is 7.15. The Balaban J connectivity index is 1.29. The summed E-state index contributed by atoms with van der Waals surface area (Å²) < 4.78 is 0. The molecule has 0 bridgehead atoms. The van der Waals surface area contributed by atoms with Crippen molar-refractivity contribution in [3.8, 4) is 10.4 Å². The van der Waals surface area contributed by atoms with E-state index in [9.17, 15) is 4.79 Å². The molecule has 0 atom stereocenters. The SMILES string of the molecule is CCC(CC)NC(=O)N1CC=C(c2c[nH]c3ncc(-c4ccc(CN5CCN(C)CC5)s4)cc23)CC1. The van der Waals surface area contributed by atoms with Crippen LogP contribution in [-0.2, 0) is 6.54 Å². The molecule has 0 radical (unpaired) electrons. The van der Waals surface area contributed by atoms with Crippen LogP contribution in [0.5, 0.6) is 0 Å². The summed E-state index contributed by atoms with van der Waals surface area (Å²) in [6, 6.07) is 7.08. The largest absolute Gasteiger partial charge is 0.346 e. The first kappa shape index (κ1) is 25.0. The molecular weight excluding hydrogens is 468 g/mol. The molecule has 2 aliphatic heterocycles. The summed E-state index contributed by atoms with van der Waals surface area (Å²) in [6.45, 7) is 11.2. The normalized spacial score (nSPS) is 17.7. The number of hydrogen-bond acceptors (Lipinski definition) is 5. The first-order chi connectivity index (χ1) is 17.5. The van der Waals surface area contributed by atoms with E-state index in [1.807, 2.05) is 22.4 Å². The molecule has 2 amide bonds. The molecule has 0 spiro atoms. The third-order valence-electron chi connectivity index (χ3n) is 7.61. The maximum absolute atomic E-state index is 12.6. The Morgan fingerprint density at radius 2 is 1.97 bits per heavy atom. The van der Waals surface area contributed by atoms with Crippen molar-refractivity contribution in [1.82, 2.24) is 30.0 Å². The van der Waals surface area contributed by atoms with Gasteiger partial charge in [0.25, 0.3) is 0 Å². The van der Waals surface area contributed by atoms with Crippen molar-refractivity contribution in [1.29, 1.82) is 0 Å². The fraction of sp³-hybridized carbons (Fsp3) is 0.500. The van der Waals surface area contributed by atoms with Gasteiger partial charge in [-0.2, -0.15) is 0 Å². The Morgan fingerprint density at radius 1 is 1.17 bits per heavy atom. The molecule has 1 fully saturated rings. The number of thiophene rings is 1. The van der Waals surface area contributed by atoms with Gasteiger partial charge in [0.05, 0.1) is 0 Å². The van der Waals surface area contributed by atoms with E-state index in [0.29, 0.717) is 6.54 Å². The second-order valence-electron chi connectivity index (χ2n) is 10.1. The Morgan fingerprint density at radius 3 is 2.69 bits per heavy atom. The average Bonchev–Trinajstić information content (AvgIpc) is 3.55. The lowest BCUT2D eigenvalue weighted by atomic mass is 9.99. The number of piperazine rings is 1. The van der Waals surface area contributed by atoms with Gasteiger partial charge >= 0.3 is 6.03 Å². The molecule has 3 aromatic rings. The number of hydrogen-bond donors (Lipinski definition) is 2. The second-order valence-corrected chi connectivity index (χ2v) is 11.2. The van der Waals surface area contributed by atoms with E-state index in [4.69, 9.17) is 4.98 Å².